The maximum absolute atomic E-state index is 13.6. The second-order valence-electron chi connectivity index (χ2n) is 4.68. The first kappa shape index (κ1) is 13.4. The second-order valence-corrected chi connectivity index (χ2v) is 4.68. The topological polar surface area (TPSA) is 29.3 Å². The van der Waals surface area contributed by atoms with Gasteiger partial charge in [0.05, 0.1) is 5.69 Å². The van der Waals surface area contributed by atoms with Gasteiger partial charge in [-0.2, -0.15) is 0 Å². The van der Waals surface area contributed by atoms with E-state index in [-0.39, 0.29) is 5.82 Å². The van der Waals surface area contributed by atoms with Crippen LogP contribution in [-0.2, 0) is 6.42 Å². The quantitative estimate of drug-likeness (QED) is 0.832. The fourth-order valence-electron chi connectivity index (χ4n) is 2.15. The summed E-state index contributed by atoms with van der Waals surface area (Å²) in [6.45, 7) is 0.801. The summed E-state index contributed by atoms with van der Waals surface area (Å²) in [5.74, 6) is -0.177. The summed E-state index contributed by atoms with van der Waals surface area (Å²) in [4.78, 5) is 1.94. The summed E-state index contributed by atoms with van der Waals surface area (Å²) in [5, 5.41) is 0. The highest BCUT2D eigenvalue weighted by Crippen LogP contribution is 2.18. The van der Waals surface area contributed by atoms with Gasteiger partial charge in [-0.05, 0) is 36.6 Å². The Morgan fingerprint density at radius 1 is 1.05 bits per heavy atom. The van der Waals surface area contributed by atoms with Crippen LogP contribution >= 0.6 is 0 Å². The minimum Gasteiger partial charge on any atom is -0.399 e. The van der Waals surface area contributed by atoms with Crippen LogP contribution in [0.1, 0.15) is 12.0 Å². The lowest BCUT2D eigenvalue weighted by atomic mass is 10.1. The molecular formula is C16H19FN2. The molecule has 0 aliphatic rings. The van der Waals surface area contributed by atoms with Gasteiger partial charge in [-0.3, -0.25) is 0 Å². The predicted octanol–water partition coefficient (Wildman–Crippen LogP) is 3.48. The van der Waals surface area contributed by atoms with Crippen molar-refractivity contribution in [3.63, 3.8) is 0 Å². The van der Waals surface area contributed by atoms with Crippen LogP contribution in [0.2, 0.25) is 0 Å². The number of rotatable bonds is 5. The van der Waals surface area contributed by atoms with Crippen molar-refractivity contribution in [1.82, 2.24) is 0 Å². The van der Waals surface area contributed by atoms with Crippen LogP contribution in [0.5, 0.6) is 0 Å². The number of para-hydroxylation sites is 2. The zero-order chi connectivity index (χ0) is 13.7. The van der Waals surface area contributed by atoms with Crippen LogP contribution in [0, 0.1) is 5.82 Å². The Hall–Kier alpha value is -2.03. The van der Waals surface area contributed by atoms with Crippen molar-refractivity contribution in [3.05, 3.63) is 59.9 Å². The summed E-state index contributed by atoms with van der Waals surface area (Å²) < 4.78 is 13.6. The van der Waals surface area contributed by atoms with Gasteiger partial charge in [0, 0.05) is 19.3 Å². The molecule has 0 aliphatic heterocycles. The van der Waals surface area contributed by atoms with Gasteiger partial charge in [0.15, 0.2) is 0 Å². The largest absolute Gasteiger partial charge is 0.399 e. The molecule has 0 amide bonds. The SMILES string of the molecule is CN(CCCc1ccccc1N)c1ccccc1F. The number of halogens is 1. The van der Waals surface area contributed by atoms with Gasteiger partial charge in [-0.1, -0.05) is 30.3 Å². The Labute approximate surface area is 113 Å². The van der Waals surface area contributed by atoms with Gasteiger partial charge in [0.25, 0.3) is 0 Å². The highest BCUT2D eigenvalue weighted by molar-refractivity contribution is 5.48. The van der Waals surface area contributed by atoms with Crippen LogP contribution < -0.4 is 10.6 Å². The van der Waals surface area contributed by atoms with E-state index in [1.807, 2.05) is 42.3 Å². The fraction of sp³-hybridized carbons (Fsp3) is 0.250. The zero-order valence-corrected chi connectivity index (χ0v) is 11.1. The highest BCUT2D eigenvalue weighted by Gasteiger charge is 2.06. The van der Waals surface area contributed by atoms with E-state index in [2.05, 4.69) is 0 Å². The summed E-state index contributed by atoms with van der Waals surface area (Å²) in [5.41, 5.74) is 8.53. The maximum atomic E-state index is 13.6. The molecule has 2 N–H and O–H groups in total. The van der Waals surface area contributed by atoms with Crippen LogP contribution in [0.25, 0.3) is 0 Å². The first-order valence-corrected chi connectivity index (χ1v) is 6.47. The maximum Gasteiger partial charge on any atom is 0.146 e. The fourth-order valence-corrected chi connectivity index (χ4v) is 2.15. The lowest BCUT2D eigenvalue weighted by Gasteiger charge is -2.19. The number of hydrogen-bond donors (Lipinski definition) is 1. The van der Waals surface area contributed by atoms with Crippen LogP contribution in [-0.4, -0.2) is 13.6 Å². The van der Waals surface area contributed by atoms with Gasteiger partial charge < -0.3 is 10.6 Å². The van der Waals surface area contributed by atoms with E-state index >= 15 is 0 Å². The van der Waals surface area contributed by atoms with Gasteiger partial charge in [0.1, 0.15) is 5.82 Å². The highest BCUT2D eigenvalue weighted by atomic mass is 19.1. The van der Waals surface area contributed by atoms with Crippen molar-refractivity contribution >= 4 is 11.4 Å². The predicted molar refractivity (Wildman–Crippen MR) is 78.8 cm³/mol. The normalized spacial score (nSPS) is 10.4. The van der Waals surface area contributed by atoms with E-state index < -0.39 is 0 Å². The third-order valence-electron chi connectivity index (χ3n) is 3.26. The number of aryl methyl sites for hydroxylation is 1. The molecule has 3 heteroatoms. The smallest absolute Gasteiger partial charge is 0.146 e. The minimum atomic E-state index is -0.177. The molecule has 100 valence electrons. The number of benzene rings is 2. The molecule has 0 radical (unpaired) electrons. The van der Waals surface area contributed by atoms with E-state index in [1.165, 1.54) is 6.07 Å². The average molecular weight is 258 g/mol. The third kappa shape index (κ3) is 3.47. The van der Waals surface area contributed by atoms with Crippen LogP contribution in [0.15, 0.2) is 48.5 Å². The Kier molecular flexibility index (Phi) is 4.39. The second kappa shape index (κ2) is 6.23. The Morgan fingerprint density at radius 2 is 1.74 bits per heavy atom. The van der Waals surface area contributed by atoms with E-state index in [0.29, 0.717) is 5.69 Å². The van der Waals surface area contributed by atoms with Gasteiger partial charge in [0.2, 0.25) is 0 Å². The van der Waals surface area contributed by atoms with E-state index in [9.17, 15) is 4.39 Å². The van der Waals surface area contributed by atoms with Crippen molar-refractivity contribution in [1.29, 1.82) is 0 Å². The van der Waals surface area contributed by atoms with E-state index in [4.69, 9.17) is 5.73 Å². The molecular weight excluding hydrogens is 239 g/mol. The Bertz CT molecular complexity index is 540. The molecule has 2 nitrogen and oxygen atoms in total. The first-order chi connectivity index (χ1) is 9.18. The molecule has 0 spiro atoms. The molecule has 0 atom stereocenters. The van der Waals surface area contributed by atoms with E-state index in [1.54, 1.807) is 12.1 Å². The number of hydrogen-bond acceptors (Lipinski definition) is 2. The number of anilines is 2. The lowest BCUT2D eigenvalue weighted by molar-refractivity contribution is 0.620. The number of nitrogens with zero attached hydrogens (tertiary/aromatic N) is 1. The van der Waals surface area contributed by atoms with Gasteiger partial charge >= 0.3 is 0 Å². The van der Waals surface area contributed by atoms with Crippen molar-refractivity contribution in [2.75, 3.05) is 24.2 Å². The average Bonchev–Trinajstić information content (AvgIpc) is 2.41. The molecule has 0 aliphatic carbocycles. The summed E-state index contributed by atoms with van der Waals surface area (Å²) in [6.07, 6.45) is 1.85. The van der Waals surface area contributed by atoms with Crippen molar-refractivity contribution in [3.8, 4) is 0 Å². The molecule has 0 fully saturated rings. The molecule has 0 aromatic heterocycles. The lowest BCUT2D eigenvalue weighted by Crippen LogP contribution is -2.20. The molecule has 19 heavy (non-hydrogen) atoms. The number of nitrogens with two attached hydrogens (primary N) is 1. The standard InChI is InChI=1S/C16H19FN2/c1-19(16-11-5-3-9-14(16)17)12-6-8-13-7-2-4-10-15(13)18/h2-5,7,9-11H,6,8,12,18H2,1H3. The Balaban J connectivity index is 1.90. The van der Waals surface area contributed by atoms with Crippen LogP contribution in [0.4, 0.5) is 15.8 Å². The molecule has 0 heterocycles. The van der Waals surface area contributed by atoms with Crippen LogP contribution in [0.3, 0.4) is 0 Å². The Morgan fingerprint density at radius 3 is 2.47 bits per heavy atom. The van der Waals surface area contributed by atoms with Crippen molar-refractivity contribution < 1.29 is 4.39 Å². The van der Waals surface area contributed by atoms with Crippen molar-refractivity contribution in [2.24, 2.45) is 0 Å². The molecule has 0 unspecified atom stereocenters. The van der Waals surface area contributed by atoms with Gasteiger partial charge in [-0.15, -0.1) is 0 Å². The summed E-state index contributed by atoms with van der Waals surface area (Å²) in [7, 11) is 1.91. The monoisotopic (exact) mass is 258 g/mol. The molecule has 2 rings (SSSR count). The molecule has 2 aromatic carbocycles. The zero-order valence-electron chi connectivity index (χ0n) is 11.1. The molecule has 2 aromatic rings. The molecule has 0 saturated carbocycles. The van der Waals surface area contributed by atoms with E-state index in [0.717, 1.165) is 30.6 Å². The summed E-state index contributed by atoms with van der Waals surface area (Å²) in [6, 6.07) is 14.7. The minimum absolute atomic E-state index is 0.177. The number of nitrogen functional groups attached to an aromatic ring is 1. The summed E-state index contributed by atoms with van der Waals surface area (Å²) >= 11 is 0. The third-order valence-corrected chi connectivity index (χ3v) is 3.26. The first-order valence-electron chi connectivity index (χ1n) is 6.47. The van der Waals surface area contributed by atoms with Gasteiger partial charge in [-0.25, -0.2) is 4.39 Å². The molecule has 0 saturated heterocycles. The molecule has 0 bridgehead atoms. The van der Waals surface area contributed by atoms with Crippen molar-refractivity contribution in [2.45, 2.75) is 12.8 Å².